The minimum atomic E-state index is -1.54. The first-order valence-corrected chi connectivity index (χ1v) is 6.08. The Kier molecular flexibility index (Phi) is 7.71. The van der Waals surface area contributed by atoms with Gasteiger partial charge >= 0.3 is 18.0 Å². The number of nitrogens with zero attached hydrogens (tertiary/aromatic N) is 1. The second-order valence-electron chi connectivity index (χ2n) is 3.91. The molecule has 0 aromatic heterocycles. The normalized spacial score (nSPS) is 11.3. The predicted molar refractivity (Wildman–Crippen MR) is 68.1 cm³/mol. The molecule has 0 rings (SSSR count). The van der Waals surface area contributed by atoms with Crippen LogP contribution in [0.15, 0.2) is 0 Å². The van der Waals surface area contributed by atoms with Crippen molar-refractivity contribution in [2.24, 2.45) is 0 Å². The highest BCUT2D eigenvalue weighted by Crippen LogP contribution is 1.97. The van der Waals surface area contributed by atoms with Gasteiger partial charge in [-0.05, 0) is 13.8 Å². The molecule has 9 nitrogen and oxygen atoms in total. The van der Waals surface area contributed by atoms with E-state index in [9.17, 15) is 19.2 Å². The van der Waals surface area contributed by atoms with Gasteiger partial charge in [-0.1, -0.05) is 0 Å². The minimum Gasteiger partial charge on any atom is -0.481 e. The first-order chi connectivity index (χ1) is 9.31. The Morgan fingerprint density at radius 2 is 1.75 bits per heavy atom. The lowest BCUT2D eigenvalue weighted by Crippen LogP contribution is -2.51. The number of nitrogens with one attached hydrogen (secondary N) is 2. The molecule has 0 radical (unpaired) electrons. The van der Waals surface area contributed by atoms with E-state index in [1.165, 1.54) is 0 Å². The van der Waals surface area contributed by atoms with Gasteiger partial charge < -0.3 is 25.7 Å². The number of amides is 3. The highest BCUT2D eigenvalue weighted by Gasteiger charge is 2.25. The summed E-state index contributed by atoms with van der Waals surface area (Å²) in [6.45, 7) is 3.71. The van der Waals surface area contributed by atoms with E-state index in [4.69, 9.17) is 10.2 Å². The summed E-state index contributed by atoms with van der Waals surface area (Å²) in [5.74, 6) is -3.17. The fourth-order valence-corrected chi connectivity index (χ4v) is 1.37. The van der Waals surface area contributed by atoms with Crippen LogP contribution in [0.1, 0.15) is 20.3 Å². The van der Waals surface area contributed by atoms with Crippen molar-refractivity contribution in [3.05, 3.63) is 0 Å². The number of likely N-dealkylation sites (N-methyl/N-ethyl adjacent to an activating group) is 2. The molecule has 0 aromatic carbocycles. The Bertz CT molecular complexity index is 384. The third-order valence-corrected chi connectivity index (χ3v) is 2.35. The molecular weight excluding hydrogens is 270 g/mol. The molecule has 4 N–H and O–H groups in total. The third kappa shape index (κ3) is 6.57. The largest absolute Gasteiger partial charge is 0.481 e. The third-order valence-electron chi connectivity index (χ3n) is 2.35. The van der Waals surface area contributed by atoms with E-state index in [2.05, 4.69) is 10.6 Å². The van der Waals surface area contributed by atoms with Crippen LogP contribution in [0.2, 0.25) is 0 Å². The van der Waals surface area contributed by atoms with Gasteiger partial charge in [0.05, 0.1) is 6.42 Å². The number of hydrogen-bond acceptors (Lipinski definition) is 4. The van der Waals surface area contributed by atoms with Crippen molar-refractivity contribution in [3.8, 4) is 0 Å². The molecule has 0 aliphatic carbocycles. The van der Waals surface area contributed by atoms with Crippen molar-refractivity contribution in [3.63, 3.8) is 0 Å². The van der Waals surface area contributed by atoms with Gasteiger partial charge in [-0.15, -0.1) is 0 Å². The molecule has 0 saturated carbocycles. The number of urea groups is 1. The Morgan fingerprint density at radius 1 is 1.15 bits per heavy atom. The van der Waals surface area contributed by atoms with Crippen molar-refractivity contribution in [1.82, 2.24) is 15.5 Å². The fraction of sp³-hybridized carbons (Fsp3) is 0.636. The van der Waals surface area contributed by atoms with Gasteiger partial charge in [0.25, 0.3) is 0 Å². The zero-order valence-electron chi connectivity index (χ0n) is 11.4. The summed E-state index contributed by atoms with van der Waals surface area (Å²) < 4.78 is 0. The van der Waals surface area contributed by atoms with Crippen molar-refractivity contribution in [2.45, 2.75) is 26.3 Å². The lowest BCUT2D eigenvalue weighted by molar-refractivity contribution is -0.145. The summed E-state index contributed by atoms with van der Waals surface area (Å²) in [4.78, 5) is 45.6. The molecule has 20 heavy (non-hydrogen) atoms. The zero-order chi connectivity index (χ0) is 15.7. The van der Waals surface area contributed by atoms with E-state index in [1.807, 2.05) is 0 Å². The van der Waals surface area contributed by atoms with Crippen LogP contribution >= 0.6 is 0 Å². The van der Waals surface area contributed by atoms with Crippen molar-refractivity contribution < 1.29 is 29.4 Å². The first-order valence-electron chi connectivity index (χ1n) is 6.08. The quantitative estimate of drug-likeness (QED) is 0.456. The van der Waals surface area contributed by atoms with Crippen LogP contribution in [-0.4, -0.2) is 64.7 Å². The van der Waals surface area contributed by atoms with Crippen LogP contribution in [0.5, 0.6) is 0 Å². The summed E-state index contributed by atoms with van der Waals surface area (Å²) in [7, 11) is 0. The summed E-state index contributed by atoms with van der Waals surface area (Å²) >= 11 is 0. The minimum absolute atomic E-state index is 0.183. The van der Waals surface area contributed by atoms with E-state index < -0.39 is 30.4 Å². The van der Waals surface area contributed by atoms with E-state index in [1.54, 1.807) is 13.8 Å². The second-order valence-corrected chi connectivity index (χ2v) is 3.91. The van der Waals surface area contributed by atoms with Crippen LogP contribution in [-0.2, 0) is 14.4 Å². The van der Waals surface area contributed by atoms with Gasteiger partial charge in [-0.2, -0.15) is 0 Å². The van der Waals surface area contributed by atoms with E-state index in [0.717, 1.165) is 4.90 Å². The smallest absolute Gasteiger partial charge is 0.326 e. The first kappa shape index (κ1) is 17.7. The van der Waals surface area contributed by atoms with Crippen LogP contribution < -0.4 is 10.6 Å². The Morgan fingerprint density at radius 3 is 2.15 bits per heavy atom. The summed E-state index contributed by atoms with van der Waals surface area (Å²) in [5.41, 5.74) is 0. The number of aliphatic carboxylic acids is 2. The highest BCUT2D eigenvalue weighted by atomic mass is 16.4. The molecule has 1 atom stereocenters. The zero-order valence-corrected chi connectivity index (χ0v) is 11.4. The highest BCUT2D eigenvalue weighted by molar-refractivity contribution is 5.88. The fourth-order valence-electron chi connectivity index (χ4n) is 1.37. The van der Waals surface area contributed by atoms with Crippen molar-refractivity contribution in [2.75, 3.05) is 19.6 Å². The molecular formula is C11H19N3O6. The van der Waals surface area contributed by atoms with Crippen LogP contribution in [0.4, 0.5) is 4.79 Å². The van der Waals surface area contributed by atoms with Gasteiger partial charge in [-0.3, -0.25) is 9.59 Å². The average molecular weight is 289 g/mol. The van der Waals surface area contributed by atoms with Gasteiger partial charge in [0.2, 0.25) is 5.91 Å². The summed E-state index contributed by atoms with van der Waals surface area (Å²) in [5, 5.41) is 22.0. The number of carbonyl (C=O) groups excluding carboxylic acids is 2. The van der Waals surface area contributed by atoms with Crippen LogP contribution in [0, 0.1) is 0 Å². The molecule has 1 unspecified atom stereocenters. The standard InChI is InChI=1S/C11H19N3O6/c1-3-12-8(15)6-14(4-2)11(20)13-7(10(18)19)5-9(16)17/h7H,3-6H2,1-2H3,(H,12,15)(H,13,20)(H,16,17)(H,18,19). The van der Waals surface area contributed by atoms with Crippen molar-refractivity contribution in [1.29, 1.82) is 0 Å². The number of rotatable bonds is 8. The molecule has 0 spiro atoms. The Balaban J connectivity index is 4.62. The van der Waals surface area contributed by atoms with Crippen LogP contribution in [0.25, 0.3) is 0 Å². The van der Waals surface area contributed by atoms with Gasteiger partial charge in [0, 0.05) is 13.1 Å². The van der Waals surface area contributed by atoms with E-state index >= 15 is 0 Å². The van der Waals surface area contributed by atoms with E-state index in [0.29, 0.717) is 6.54 Å². The molecule has 0 aliphatic heterocycles. The Hall–Kier alpha value is -2.32. The SMILES string of the molecule is CCNC(=O)CN(CC)C(=O)NC(CC(=O)O)C(=O)O. The number of carbonyl (C=O) groups is 4. The second kappa shape index (κ2) is 8.73. The van der Waals surface area contributed by atoms with Crippen LogP contribution in [0.3, 0.4) is 0 Å². The van der Waals surface area contributed by atoms with E-state index in [-0.39, 0.29) is 19.0 Å². The predicted octanol–water partition coefficient (Wildman–Crippen LogP) is -0.918. The summed E-state index contributed by atoms with van der Waals surface area (Å²) in [6, 6.07) is -2.34. The van der Waals surface area contributed by atoms with Gasteiger partial charge in [0.1, 0.15) is 12.6 Å². The summed E-state index contributed by atoms with van der Waals surface area (Å²) in [6.07, 6.45) is -0.736. The molecule has 0 fully saturated rings. The lowest BCUT2D eigenvalue weighted by Gasteiger charge is -2.22. The number of carboxylic acid groups (broad SMARTS) is 2. The molecule has 0 aromatic rings. The number of hydrogen-bond donors (Lipinski definition) is 4. The van der Waals surface area contributed by atoms with Gasteiger partial charge in [-0.25, -0.2) is 9.59 Å². The maximum Gasteiger partial charge on any atom is 0.326 e. The lowest BCUT2D eigenvalue weighted by atomic mass is 10.2. The average Bonchev–Trinajstić information content (AvgIpc) is 2.34. The molecule has 0 heterocycles. The molecule has 0 saturated heterocycles. The topological polar surface area (TPSA) is 136 Å². The van der Waals surface area contributed by atoms with Gasteiger partial charge in [0.15, 0.2) is 0 Å². The Labute approximate surface area is 115 Å². The maximum absolute atomic E-state index is 11.8. The molecule has 9 heteroatoms. The molecule has 0 aliphatic rings. The monoisotopic (exact) mass is 289 g/mol. The number of carboxylic acids is 2. The molecule has 3 amide bonds. The molecule has 114 valence electrons. The van der Waals surface area contributed by atoms with Crippen molar-refractivity contribution >= 4 is 23.9 Å². The maximum atomic E-state index is 11.8. The molecule has 0 bridgehead atoms.